The third-order valence-corrected chi connectivity index (χ3v) is 3.71. The average Bonchev–Trinajstić information content (AvgIpc) is 2.27. The Hall–Kier alpha value is -0.510. The van der Waals surface area contributed by atoms with Crippen LogP contribution in [-0.2, 0) is 0 Å². The SMILES string of the molecule is CCNCC(O)CSc1cc(C)ccc1C. The molecule has 1 aromatic carbocycles. The first-order chi connectivity index (χ1) is 7.63. The van der Waals surface area contributed by atoms with Crippen molar-refractivity contribution < 1.29 is 5.11 Å². The first kappa shape index (κ1) is 13.6. The molecule has 0 heterocycles. The molecule has 0 radical (unpaired) electrons. The molecule has 0 amide bonds. The number of aliphatic hydroxyl groups is 1. The Labute approximate surface area is 102 Å². The summed E-state index contributed by atoms with van der Waals surface area (Å²) in [5, 5.41) is 12.9. The normalized spacial score (nSPS) is 12.8. The predicted molar refractivity (Wildman–Crippen MR) is 71.2 cm³/mol. The van der Waals surface area contributed by atoms with E-state index in [2.05, 4.69) is 37.4 Å². The molecule has 16 heavy (non-hydrogen) atoms. The second-order valence-corrected chi connectivity index (χ2v) is 5.10. The number of aliphatic hydroxyl groups excluding tert-OH is 1. The largest absolute Gasteiger partial charge is 0.391 e. The van der Waals surface area contributed by atoms with E-state index in [1.165, 1.54) is 16.0 Å². The maximum atomic E-state index is 9.72. The fraction of sp³-hybridized carbons (Fsp3) is 0.538. The lowest BCUT2D eigenvalue weighted by Gasteiger charge is -2.12. The second kappa shape index (κ2) is 6.94. The lowest BCUT2D eigenvalue weighted by atomic mass is 10.2. The van der Waals surface area contributed by atoms with Crippen molar-refractivity contribution in [3.8, 4) is 0 Å². The number of nitrogens with one attached hydrogen (secondary N) is 1. The van der Waals surface area contributed by atoms with E-state index in [1.807, 2.05) is 6.92 Å². The van der Waals surface area contributed by atoms with Crippen molar-refractivity contribution in [2.24, 2.45) is 0 Å². The third kappa shape index (κ3) is 4.56. The Morgan fingerprint density at radius 1 is 1.38 bits per heavy atom. The highest BCUT2D eigenvalue weighted by Gasteiger charge is 2.05. The number of likely N-dealkylation sites (N-methyl/N-ethyl adjacent to an activating group) is 1. The molecule has 0 fully saturated rings. The summed E-state index contributed by atoms with van der Waals surface area (Å²) >= 11 is 1.73. The first-order valence-electron chi connectivity index (χ1n) is 5.72. The van der Waals surface area contributed by atoms with Crippen molar-refractivity contribution in [1.29, 1.82) is 0 Å². The summed E-state index contributed by atoms with van der Waals surface area (Å²) in [6.45, 7) is 7.83. The molecule has 1 rings (SSSR count). The van der Waals surface area contributed by atoms with Gasteiger partial charge < -0.3 is 10.4 Å². The highest BCUT2D eigenvalue weighted by Crippen LogP contribution is 2.23. The van der Waals surface area contributed by atoms with Gasteiger partial charge in [0.25, 0.3) is 0 Å². The van der Waals surface area contributed by atoms with Gasteiger partial charge in [-0.3, -0.25) is 0 Å². The second-order valence-electron chi connectivity index (χ2n) is 4.04. The Bertz CT molecular complexity index is 328. The van der Waals surface area contributed by atoms with Gasteiger partial charge in [0.05, 0.1) is 6.10 Å². The Morgan fingerprint density at radius 3 is 2.81 bits per heavy atom. The van der Waals surface area contributed by atoms with Crippen molar-refractivity contribution in [2.45, 2.75) is 31.8 Å². The van der Waals surface area contributed by atoms with E-state index in [0.29, 0.717) is 6.54 Å². The van der Waals surface area contributed by atoms with Crippen molar-refractivity contribution in [3.63, 3.8) is 0 Å². The summed E-state index contributed by atoms with van der Waals surface area (Å²) < 4.78 is 0. The lowest BCUT2D eigenvalue weighted by molar-refractivity contribution is 0.197. The molecule has 0 aliphatic carbocycles. The van der Waals surface area contributed by atoms with E-state index in [1.54, 1.807) is 11.8 Å². The van der Waals surface area contributed by atoms with Crippen molar-refractivity contribution in [1.82, 2.24) is 5.32 Å². The smallest absolute Gasteiger partial charge is 0.0758 e. The van der Waals surface area contributed by atoms with Gasteiger partial charge in [0.2, 0.25) is 0 Å². The van der Waals surface area contributed by atoms with Crippen LogP contribution in [0, 0.1) is 13.8 Å². The monoisotopic (exact) mass is 239 g/mol. The standard InChI is InChI=1S/C13H21NOS/c1-4-14-8-12(15)9-16-13-7-10(2)5-6-11(13)3/h5-7,12,14-15H,4,8-9H2,1-3H3. The molecule has 1 unspecified atom stereocenters. The minimum atomic E-state index is -0.273. The van der Waals surface area contributed by atoms with Gasteiger partial charge in [-0.2, -0.15) is 0 Å². The van der Waals surface area contributed by atoms with Crippen LogP contribution in [0.15, 0.2) is 23.1 Å². The number of hydrogen-bond acceptors (Lipinski definition) is 3. The van der Waals surface area contributed by atoms with Gasteiger partial charge in [-0.25, -0.2) is 0 Å². The molecule has 2 nitrogen and oxygen atoms in total. The van der Waals surface area contributed by atoms with E-state index in [4.69, 9.17) is 0 Å². The summed E-state index contributed by atoms with van der Waals surface area (Å²) in [7, 11) is 0. The highest BCUT2D eigenvalue weighted by molar-refractivity contribution is 7.99. The van der Waals surface area contributed by atoms with Gasteiger partial charge in [0.15, 0.2) is 0 Å². The molecular weight excluding hydrogens is 218 g/mol. The van der Waals surface area contributed by atoms with Crippen LogP contribution >= 0.6 is 11.8 Å². The molecule has 90 valence electrons. The Balaban J connectivity index is 2.44. The van der Waals surface area contributed by atoms with Crippen molar-refractivity contribution >= 4 is 11.8 Å². The zero-order chi connectivity index (χ0) is 12.0. The molecule has 0 saturated carbocycles. The molecule has 0 aromatic heterocycles. The van der Waals surface area contributed by atoms with Crippen LogP contribution in [0.5, 0.6) is 0 Å². The number of rotatable bonds is 6. The van der Waals surface area contributed by atoms with Gasteiger partial charge >= 0.3 is 0 Å². The van der Waals surface area contributed by atoms with E-state index in [-0.39, 0.29) is 6.10 Å². The quantitative estimate of drug-likeness (QED) is 0.748. The Kier molecular flexibility index (Phi) is 5.88. The van der Waals surface area contributed by atoms with E-state index in [9.17, 15) is 5.11 Å². The predicted octanol–water partition coefficient (Wildman–Crippen LogP) is 2.37. The molecular formula is C13H21NOS. The molecule has 0 aliphatic rings. The molecule has 0 spiro atoms. The third-order valence-electron chi connectivity index (χ3n) is 2.40. The van der Waals surface area contributed by atoms with Crippen LogP contribution in [0.3, 0.4) is 0 Å². The van der Waals surface area contributed by atoms with E-state index >= 15 is 0 Å². The zero-order valence-corrected chi connectivity index (χ0v) is 11.1. The van der Waals surface area contributed by atoms with Gasteiger partial charge in [-0.15, -0.1) is 11.8 Å². The topological polar surface area (TPSA) is 32.3 Å². The van der Waals surface area contributed by atoms with Crippen LogP contribution in [0.2, 0.25) is 0 Å². The summed E-state index contributed by atoms with van der Waals surface area (Å²) in [5.41, 5.74) is 2.56. The summed E-state index contributed by atoms with van der Waals surface area (Å²) in [4.78, 5) is 1.27. The fourth-order valence-electron chi connectivity index (χ4n) is 1.42. The van der Waals surface area contributed by atoms with Crippen LogP contribution in [0.25, 0.3) is 0 Å². The summed E-state index contributed by atoms with van der Waals surface area (Å²) in [6, 6.07) is 6.43. The molecule has 1 aromatic rings. The van der Waals surface area contributed by atoms with Crippen molar-refractivity contribution in [2.75, 3.05) is 18.8 Å². The lowest BCUT2D eigenvalue weighted by Crippen LogP contribution is -2.28. The molecule has 1 atom stereocenters. The van der Waals surface area contributed by atoms with Crippen LogP contribution < -0.4 is 5.32 Å². The molecule has 3 heteroatoms. The zero-order valence-electron chi connectivity index (χ0n) is 10.3. The van der Waals surface area contributed by atoms with Crippen LogP contribution in [-0.4, -0.2) is 30.1 Å². The van der Waals surface area contributed by atoms with Gasteiger partial charge in [-0.1, -0.05) is 24.6 Å². The van der Waals surface area contributed by atoms with E-state index in [0.717, 1.165) is 12.3 Å². The van der Waals surface area contributed by atoms with Crippen molar-refractivity contribution in [3.05, 3.63) is 29.3 Å². The summed E-state index contributed by atoms with van der Waals surface area (Å²) in [6.07, 6.45) is -0.273. The minimum Gasteiger partial charge on any atom is -0.391 e. The number of hydrogen-bond donors (Lipinski definition) is 2. The van der Waals surface area contributed by atoms with E-state index < -0.39 is 0 Å². The first-order valence-corrected chi connectivity index (χ1v) is 6.71. The number of thioether (sulfide) groups is 1. The average molecular weight is 239 g/mol. The number of aryl methyl sites for hydroxylation is 2. The number of benzene rings is 1. The Morgan fingerprint density at radius 2 is 2.12 bits per heavy atom. The van der Waals surface area contributed by atoms with Gasteiger partial charge in [0.1, 0.15) is 0 Å². The van der Waals surface area contributed by atoms with Crippen LogP contribution in [0.1, 0.15) is 18.1 Å². The highest BCUT2D eigenvalue weighted by atomic mass is 32.2. The van der Waals surface area contributed by atoms with Gasteiger partial charge in [0, 0.05) is 17.2 Å². The maximum absolute atomic E-state index is 9.72. The molecule has 0 aliphatic heterocycles. The minimum absolute atomic E-state index is 0.273. The fourth-order valence-corrected chi connectivity index (χ4v) is 2.47. The molecule has 2 N–H and O–H groups in total. The molecule has 0 saturated heterocycles. The summed E-state index contributed by atoms with van der Waals surface area (Å²) in [5.74, 6) is 0.747. The van der Waals surface area contributed by atoms with Crippen LogP contribution in [0.4, 0.5) is 0 Å². The molecule has 0 bridgehead atoms. The van der Waals surface area contributed by atoms with Gasteiger partial charge in [-0.05, 0) is 32.0 Å². The maximum Gasteiger partial charge on any atom is 0.0758 e.